The first-order valence-corrected chi connectivity index (χ1v) is 10.3. The van der Waals surface area contributed by atoms with Crippen molar-refractivity contribution < 1.29 is 18.7 Å². The van der Waals surface area contributed by atoms with Crippen LogP contribution < -0.4 is 4.74 Å². The van der Waals surface area contributed by atoms with E-state index in [2.05, 4.69) is 9.97 Å². The van der Waals surface area contributed by atoms with Crippen LogP contribution in [-0.4, -0.2) is 46.6 Å². The predicted molar refractivity (Wildman–Crippen MR) is 106 cm³/mol. The molecule has 28 heavy (non-hydrogen) atoms. The number of hydrogen-bond donors (Lipinski definition) is 0. The number of aryl methyl sites for hydroxylation is 1. The van der Waals surface area contributed by atoms with E-state index in [0.29, 0.717) is 30.4 Å². The van der Waals surface area contributed by atoms with E-state index in [1.807, 2.05) is 32.0 Å². The molecule has 3 heterocycles. The van der Waals surface area contributed by atoms with Gasteiger partial charge in [0.1, 0.15) is 12.0 Å². The Kier molecular flexibility index (Phi) is 5.59. The quantitative estimate of drug-likeness (QED) is 0.599. The number of ether oxygens (including phenoxy) is 2. The lowest BCUT2D eigenvalue weighted by molar-refractivity contribution is 0.0534. The van der Waals surface area contributed by atoms with Gasteiger partial charge in [0.25, 0.3) is 5.91 Å². The Hall–Kier alpha value is -2.45. The van der Waals surface area contributed by atoms with Crippen LogP contribution in [-0.2, 0) is 11.3 Å². The number of carbonyl (C=O) groups is 1. The fourth-order valence-corrected chi connectivity index (χ4v) is 4.09. The predicted octanol–water partition coefficient (Wildman–Crippen LogP) is 3.81. The van der Waals surface area contributed by atoms with Gasteiger partial charge in [0, 0.05) is 25.8 Å². The third-order valence-electron chi connectivity index (χ3n) is 4.72. The van der Waals surface area contributed by atoms with Crippen LogP contribution in [0.15, 0.2) is 28.9 Å². The molecule has 1 saturated heterocycles. The summed E-state index contributed by atoms with van der Waals surface area (Å²) in [5, 5.41) is 1.02. The molecule has 2 aromatic heterocycles. The second kappa shape index (κ2) is 8.28. The number of benzene rings is 1. The van der Waals surface area contributed by atoms with Gasteiger partial charge in [0.05, 0.1) is 21.3 Å². The van der Waals surface area contributed by atoms with Gasteiger partial charge in [-0.15, -0.1) is 11.3 Å². The first kappa shape index (κ1) is 18.9. The Bertz CT molecular complexity index is 961. The first-order valence-electron chi connectivity index (χ1n) is 9.47. The molecule has 1 amide bonds. The highest BCUT2D eigenvalue weighted by Crippen LogP contribution is 2.26. The van der Waals surface area contributed by atoms with E-state index in [-0.39, 0.29) is 18.6 Å². The minimum atomic E-state index is -0.146. The zero-order valence-corrected chi connectivity index (χ0v) is 16.8. The summed E-state index contributed by atoms with van der Waals surface area (Å²) >= 11 is 1.65. The van der Waals surface area contributed by atoms with Gasteiger partial charge in [0.2, 0.25) is 5.89 Å². The van der Waals surface area contributed by atoms with Gasteiger partial charge < -0.3 is 18.8 Å². The van der Waals surface area contributed by atoms with E-state index >= 15 is 0 Å². The highest BCUT2D eigenvalue weighted by atomic mass is 32.1. The molecule has 8 heteroatoms. The number of thiazole rings is 1. The van der Waals surface area contributed by atoms with Crippen molar-refractivity contribution in [2.24, 2.45) is 0 Å². The summed E-state index contributed by atoms with van der Waals surface area (Å²) in [7, 11) is 0. The van der Waals surface area contributed by atoms with Crippen molar-refractivity contribution in [3.8, 4) is 5.75 Å². The van der Waals surface area contributed by atoms with Crippen LogP contribution in [0, 0.1) is 6.92 Å². The number of oxazole rings is 1. The van der Waals surface area contributed by atoms with Crippen LogP contribution in [0.1, 0.15) is 41.2 Å². The van der Waals surface area contributed by atoms with Gasteiger partial charge in [-0.2, -0.15) is 0 Å². The molecule has 0 saturated carbocycles. The molecular weight excluding hydrogens is 378 g/mol. The van der Waals surface area contributed by atoms with Crippen LogP contribution in [0.2, 0.25) is 0 Å². The standard InChI is InChI=1S/C20H23N3O4S/c1-3-23(10-15-5-4-8-25-15)20(24)17-11-27-19(22-17)12-26-14-6-7-18-16(9-14)21-13(2)28-18/h6-7,9,11,15H,3-5,8,10,12H2,1-2H3/t15-/m0/s1. The molecule has 1 fully saturated rings. The summed E-state index contributed by atoms with van der Waals surface area (Å²) in [6, 6.07) is 5.79. The number of likely N-dealkylation sites (N-methyl/N-ethyl adjacent to an activating group) is 1. The summed E-state index contributed by atoms with van der Waals surface area (Å²) in [4.78, 5) is 23.2. The smallest absolute Gasteiger partial charge is 0.275 e. The lowest BCUT2D eigenvalue weighted by Crippen LogP contribution is -2.37. The van der Waals surface area contributed by atoms with Gasteiger partial charge in [0.15, 0.2) is 12.3 Å². The highest BCUT2D eigenvalue weighted by molar-refractivity contribution is 7.18. The minimum absolute atomic E-state index is 0.114. The zero-order chi connectivity index (χ0) is 19.5. The molecule has 0 spiro atoms. The zero-order valence-electron chi connectivity index (χ0n) is 16.0. The maximum atomic E-state index is 12.7. The van der Waals surface area contributed by atoms with E-state index < -0.39 is 0 Å². The third-order valence-corrected chi connectivity index (χ3v) is 5.67. The van der Waals surface area contributed by atoms with Crippen molar-refractivity contribution in [2.45, 2.75) is 39.4 Å². The average molecular weight is 401 g/mol. The molecule has 1 aliphatic heterocycles. The summed E-state index contributed by atoms with van der Waals surface area (Å²) in [6.45, 7) is 6.04. The van der Waals surface area contributed by atoms with Crippen molar-refractivity contribution in [1.82, 2.24) is 14.9 Å². The molecule has 148 valence electrons. The second-order valence-corrected chi connectivity index (χ2v) is 7.99. The first-order chi connectivity index (χ1) is 13.6. The molecule has 4 rings (SSSR count). The molecule has 0 bridgehead atoms. The summed E-state index contributed by atoms with van der Waals surface area (Å²) in [5.74, 6) is 0.913. The molecule has 7 nitrogen and oxygen atoms in total. The van der Waals surface area contributed by atoms with Crippen molar-refractivity contribution in [1.29, 1.82) is 0 Å². The Balaban J connectivity index is 1.37. The number of hydrogen-bond acceptors (Lipinski definition) is 7. The molecule has 3 aromatic rings. The van der Waals surface area contributed by atoms with Crippen LogP contribution in [0.5, 0.6) is 5.75 Å². The maximum Gasteiger partial charge on any atom is 0.275 e. The van der Waals surface area contributed by atoms with Crippen LogP contribution >= 0.6 is 11.3 Å². The van der Waals surface area contributed by atoms with E-state index in [0.717, 1.165) is 34.7 Å². The molecule has 1 aliphatic rings. The number of fused-ring (bicyclic) bond motifs is 1. The van der Waals surface area contributed by atoms with Crippen molar-refractivity contribution in [2.75, 3.05) is 19.7 Å². The fourth-order valence-electron chi connectivity index (χ4n) is 3.28. The Morgan fingerprint density at radius 1 is 1.39 bits per heavy atom. The number of aromatic nitrogens is 2. The monoisotopic (exact) mass is 401 g/mol. The number of carbonyl (C=O) groups excluding carboxylic acids is 1. The van der Waals surface area contributed by atoms with Gasteiger partial charge >= 0.3 is 0 Å². The molecule has 0 radical (unpaired) electrons. The van der Waals surface area contributed by atoms with Gasteiger partial charge in [-0.3, -0.25) is 4.79 Å². The van der Waals surface area contributed by atoms with E-state index in [9.17, 15) is 4.79 Å². The summed E-state index contributed by atoms with van der Waals surface area (Å²) in [6.07, 6.45) is 3.55. The van der Waals surface area contributed by atoms with Crippen LogP contribution in [0.25, 0.3) is 10.2 Å². The van der Waals surface area contributed by atoms with Crippen molar-refractivity contribution >= 4 is 27.5 Å². The molecule has 0 aliphatic carbocycles. The van der Waals surface area contributed by atoms with E-state index in [1.165, 1.54) is 6.26 Å². The fraction of sp³-hybridized carbons (Fsp3) is 0.450. The minimum Gasteiger partial charge on any atom is -0.484 e. The Labute approximate surface area is 167 Å². The Morgan fingerprint density at radius 3 is 3.07 bits per heavy atom. The lowest BCUT2D eigenvalue weighted by Gasteiger charge is -2.22. The third kappa shape index (κ3) is 4.18. The van der Waals surface area contributed by atoms with E-state index in [4.69, 9.17) is 13.9 Å². The molecule has 0 unspecified atom stereocenters. The molecule has 1 aromatic carbocycles. The summed E-state index contributed by atoms with van der Waals surface area (Å²) < 4.78 is 18.0. The van der Waals surface area contributed by atoms with Crippen LogP contribution in [0.4, 0.5) is 0 Å². The SMILES string of the molecule is CCN(C[C@@H]1CCCO1)C(=O)c1coc(COc2ccc3sc(C)nc3c2)n1. The van der Waals surface area contributed by atoms with Crippen LogP contribution in [0.3, 0.4) is 0 Å². The molecular formula is C20H23N3O4S. The van der Waals surface area contributed by atoms with Crippen molar-refractivity contribution in [3.05, 3.63) is 41.1 Å². The number of nitrogens with zero attached hydrogens (tertiary/aromatic N) is 3. The number of amides is 1. The molecule has 1 atom stereocenters. The second-order valence-electron chi connectivity index (χ2n) is 6.76. The average Bonchev–Trinajstić information content (AvgIpc) is 3.43. The normalized spacial score (nSPS) is 16.6. The highest BCUT2D eigenvalue weighted by Gasteiger charge is 2.24. The summed E-state index contributed by atoms with van der Waals surface area (Å²) in [5.41, 5.74) is 1.21. The van der Waals surface area contributed by atoms with Gasteiger partial charge in [-0.25, -0.2) is 9.97 Å². The topological polar surface area (TPSA) is 77.7 Å². The molecule has 0 N–H and O–H groups in total. The lowest BCUT2D eigenvalue weighted by atomic mass is 10.2. The number of rotatable bonds is 7. The van der Waals surface area contributed by atoms with E-state index in [1.54, 1.807) is 16.2 Å². The maximum absolute atomic E-state index is 12.7. The van der Waals surface area contributed by atoms with Gasteiger partial charge in [-0.1, -0.05) is 0 Å². The van der Waals surface area contributed by atoms with Gasteiger partial charge in [-0.05, 0) is 38.8 Å². The largest absolute Gasteiger partial charge is 0.484 e. The van der Waals surface area contributed by atoms with Crippen molar-refractivity contribution in [3.63, 3.8) is 0 Å². The Morgan fingerprint density at radius 2 is 2.29 bits per heavy atom.